The number of hydrogen-bond acceptors (Lipinski definition) is 4. The van der Waals surface area contributed by atoms with E-state index < -0.39 is 9.84 Å². The second kappa shape index (κ2) is 5.32. The molecule has 5 heteroatoms. The number of rotatable bonds is 2. The number of aromatic hydroxyl groups is 2. The van der Waals surface area contributed by atoms with Gasteiger partial charge in [0.1, 0.15) is 16.4 Å². The molecule has 0 aliphatic carbocycles. The summed E-state index contributed by atoms with van der Waals surface area (Å²) in [5, 5.41) is 20.0. The largest absolute Gasteiger partial charge is 0.508 e. The third-order valence-electron chi connectivity index (χ3n) is 3.94. The quantitative estimate of drug-likeness (QED) is 0.888. The van der Waals surface area contributed by atoms with Crippen LogP contribution < -0.4 is 0 Å². The van der Waals surface area contributed by atoms with E-state index in [0.717, 1.165) is 5.56 Å². The highest BCUT2D eigenvalue weighted by Gasteiger charge is 2.28. The summed E-state index contributed by atoms with van der Waals surface area (Å²) in [4.78, 5) is 0.0689. The molecule has 0 amide bonds. The lowest BCUT2D eigenvalue weighted by atomic mass is 10.1. The summed E-state index contributed by atoms with van der Waals surface area (Å²) in [5.74, 6) is -0.181. The Bertz CT molecular complexity index is 842. The van der Waals surface area contributed by atoms with Crippen LogP contribution in [0.15, 0.2) is 28.0 Å². The average Bonchev–Trinajstić information content (AvgIpc) is 2.33. The number of aryl methyl sites for hydroxylation is 4. The van der Waals surface area contributed by atoms with Gasteiger partial charge in [0, 0.05) is 0 Å². The van der Waals surface area contributed by atoms with Crippen LogP contribution in [0.5, 0.6) is 11.5 Å². The van der Waals surface area contributed by atoms with Crippen LogP contribution in [0, 0.1) is 34.6 Å². The van der Waals surface area contributed by atoms with E-state index in [2.05, 4.69) is 0 Å². The number of phenolic OH excluding ortho intramolecular Hbond substituents is 2. The first-order valence-electron chi connectivity index (χ1n) is 6.92. The second-order valence-corrected chi connectivity index (χ2v) is 7.55. The van der Waals surface area contributed by atoms with E-state index in [1.165, 1.54) is 12.1 Å². The molecule has 2 aromatic carbocycles. The normalized spacial score (nSPS) is 11.7. The lowest BCUT2D eigenvalue weighted by Gasteiger charge is -2.17. The summed E-state index contributed by atoms with van der Waals surface area (Å²) in [6.07, 6.45) is 0. The van der Waals surface area contributed by atoms with Gasteiger partial charge in [0.25, 0.3) is 0 Å². The van der Waals surface area contributed by atoms with Crippen molar-refractivity contribution in [1.82, 2.24) is 0 Å². The maximum atomic E-state index is 13.1. The Labute approximate surface area is 131 Å². The van der Waals surface area contributed by atoms with Gasteiger partial charge in [-0.2, -0.15) is 0 Å². The molecule has 22 heavy (non-hydrogen) atoms. The molecule has 0 heterocycles. The zero-order valence-corrected chi connectivity index (χ0v) is 14.2. The van der Waals surface area contributed by atoms with E-state index in [1.807, 2.05) is 6.92 Å². The summed E-state index contributed by atoms with van der Waals surface area (Å²) in [7, 11) is -3.88. The van der Waals surface area contributed by atoms with Crippen LogP contribution in [-0.4, -0.2) is 18.6 Å². The fourth-order valence-electron chi connectivity index (χ4n) is 2.83. The van der Waals surface area contributed by atoms with Gasteiger partial charge in [-0.25, -0.2) is 8.42 Å². The molecule has 0 fully saturated rings. The molecule has 0 saturated heterocycles. The zero-order valence-electron chi connectivity index (χ0n) is 13.4. The summed E-state index contributed by atoms with van der Waals surface area (Å²) in [5.41, 5.74) is 2.81. The highest BCUT2D eigenvalue weighted by atomic mass is 32.2. The third-order valence-corrected chi connectivity index (χ3v) is 6.17. The zero-order chi connectivity index (χ0) is 16.8. The van der Waals surface area contributed by atoms with Gasteiger partial charge in [-0.05, 0) is 74.6 Å². The Morgan fingerprint density at radius 1 is 0.727 bits per heavy atom. The molecule has 118 valence electrons. The van der Waals surface area contributed by atoms with Crippen molar-refractivity contribution in [3.63, 3.8) is 0 Å². The number of hydrogen-bond donors (Lipinski definition) is 2. The van der Waals surface area contributed by atoms with Crippen LogP contribution in [0.1, 0.15) is 27.8 Å². The molecule has 2 N–H and O–H groups in total. The molecule has 0 unspecified atom stereocenters. The molecule has 2 rings (SSSR count). The SMILES string of the molecule is Cc1cc(C)c(S(=O)(=O)c2c(C)cc(O)cc2C)c(O)c1C. The van der Waals surface area contributed by atoms with Crippen molar-refractivity contribution in [2.75, 3.05) is 0 Å². The summed E-state index contributed by atoms with van der Waals surface area (Å²) in [6.45, 7) is 8.46. The van der Waals surface area contributed by atoms with Crippen LogP contribution in [-0.2, 0) is 9.84 Å². The molecule has 0 aliphatic heterocycles. The van der Waals surface area contributed by atoms with Crippen molar-refractivity contribution < 1.29 is 18.6 Å². The van der Waals surface area contributed by atoms with Crippen molar-refractivity contribution in [3.05, 3.63) is 46.0 Å². The van der Waals surface area contributed by atoms with E-state index in [4.69, 9.17) is 0 Å². The van der Waals surface area contributed by atoms with Crippen molar-refractivity contribution in [2.24, 2.45) is 0 Å². The summed E-state index contributed by atoms with van der Waals surface area (Å²) in [6, 6.07) is 4.58. The van der Waals surface area contributed by atoms with E-state index in [-0.39, 0.29) is 21.3 Å². The summed E-state index contributed by atoms with van der Waals surface area (Å²) >= 11 is 0. The number of phenols is 2. The Morgan fingerprint density at radius 3 is 1.68 bits per heavy atom. The minimum absolute atomic E-state index is 0.0231. The van der Waals surface area contributed by atoms with Gasteiger partial charge in [0.2, 0.25) is 9.84 Å². The Morgan fingerprint density at radius 2 is 1.18 bits per heavy atom. The minimum atomic E-state index is -3.88. The standard InChI is InChI=1S/C17H20O4S/c1-9-6-10(2)17(15(19)13(9)5)22(20,21)16-11(3)7-14(18)8-12(16)4/h6-8,18-19H,1-5H3. The monoisotopic (exact) mass is 320 g/mol. The van der Waals surface area contributed by atoms with Crippen LogP contribution in [0.3, 0.4) is 0 Å². The molecule has 0 spiro atoms. The lowest BCUT2D eigenvalue weighted by Crippen LogP contribution is -2.09. The highest BCUT2D eigenvalue weighted by Crippen LogP contribution is 2.38. The first kappa shape index (κ1) is 16.4. The van der Waals surface area contributed by atoms with Gasteiger partial charge in [0.05, 0.1) is 4.90 Å². The molecule has 4 nitrogen and oxygen atoms in total. The van der Waals surface area contributed by atoms with Gasteiger partial charge in [-0.15, -0.1) is 0 Å². The molecular weight excluding hydrogens is 300 g/mol. The predicted octanol–water partition coefficient (Wildman–Crippen LogP) is 3.47. The van der Waals surface area contributed by atoms with Gasteiger partial charge < -0.3 is 10.2 Å². The number of benzene rings is 2. The van der Waals surface area contributed by atoms with E-state index in [9.17, 15) is 18.6 Å². The molecule has 0 bridgehead atoms. The fraction of sp³-hybridized carbons (Fsp3) is 0.294. The van der Waals surface area contributed by atoms with Gasteiger partial charge in [-0.1, -0.05) is 6.07 Å². The van der Waals surface area contributed by atoms with Crippen molar-refractivity contribution >= 4 is 9.84 Å². The van der Waals surface area contributed by atoms with Crippen molar-refractivity contribution in [1.29, 1.82) is 0 Å². The summed E-state index contributed by atoms with van der Waals surface area (Å²) < 4.78 is 26.1. The van der Waals surface area contributed by atoms with Gasteiger partial charge >= 0.3 is 0 Å². The molecule has 0 aliphatic rings. The Balaban J connectivity index is 2.87. The highest BCUT2D eigenvalue weighted by molar-refractivity contribution is 7.91. The maximum Gasteiger partial charge on any atom is 0.211 e. The van der Waals surface area contributed by atoms with Gasteiger partial charge in [-0.3, -0.25) is 0 Å². The number of sulfone groups is 1. The minimum Gasteiger partial charge on any atom is -0.508 e. The second-order valence-electron chi connectivity index (χ2n) is 5.73. The molecule has 0 radical (unpaired) electrons. The molecular formula is C17H20O4S. The molecule has 0 saturated carbocycles. The first-order chi connectivity index (χ1) is 10.1. The smallest absolute Gasteiger partial charge is 0.211 e. The van der Waals surface area contributed by atoms with Gasteiger partial charge in [0.15, 0.2) is 0 Å². The van der Waals surface area contributed by atoms with Crippen LogP contribution in [0.4, 0.5) is 0 Å². The molecule has 0 atom stereocenters. The van der Waals surface area contributed by atoms with E-state index in [0.29, 0.717) is 22.3 Å². The van der Waals surface area contributed by atoms with E-state index >= 15 is 0 Å². The maximum absolute atomic E-state index is 13.1. The predicted molar refractivity (Wildman–Crippen MR) is 85.4 cm³/mol. The molecule has 0 aromatic heterocycles. The van der Waals surface area contributed by atoms with Crippen LogP contribution >= 0.6 is 0 Å². The Kier molecular flexibility index (Phi) is 3.96. The van der Waals surface area contributed by atoms with Crippen molar-refractivity contribution in [2.45, 2.75) is 44.4 Å². The van der Waals surface area contributed by atoms with Crippen LogP contribution in [0.2, 0.25) is 0 Å². The fourth-order valence-corrected chi connectivity index (χ4v) is 4.90. The first-order valence-corrected chi connectivity index (χ1v) is 8.40. The van der Waals surface area contributed by atoms with E-state index in [1.54, 1.807) is 33.8 Å². The topological polar surface area (TPSA) is 74.6 Å². The average molecular weight is 320 g/mol. The molecule has 2 aromatic rings. The lowest BCUT2D eigenvalue weighted by molar-refractivity contribution is 0.452. The van der Waals surface area contributed by atoms with Crippen molar-refractivity contribution in [3.8, 4) is 11.5 Å². The Hall–Kier alpha value is -2.01. The van der Waals surface area contributed by atoms with Crippen LogP contribution in [0.25, 0.3) is 0 Å². The third kappa shape index (κ3) is 2.46.